The van der Waals surface area contributed by atoms with Gasteiger partial charge in [-0.1, -0.05) is 88.8 Å². The van der Waals surface area contributed by atoms with Crippen molar-refractivity contribution in [2.45, 2.75) is 65.1 Å². The fourth-order valence-electron chi connectivity index (χ4n) is 3.29. The van der Waals surface area contributed by atoms with Gasteiger partial charge in [-0.15, -0.1) is 10.2 Å². The number of carbonyl (C=O) groups excluding carboxylic acids is 1. The highest BCUT2D eigenvalue weighted by molar-refractivity contribution is 7.99. The van der Waals surface area contributed by atoms with Gasteiger partial charge in [0.2, 0.25) is 5.91 Å². The van der Waals surface area contributed by atoms with Crippen molar-refractivity contribution >= 4 is 17.7 Å². The van der Waals surface area contributed by atoms with Gasteiger partial charge < -0.3 is 5.32 Å². The molecule has 0 bridgehead atoms. The van der Waals surface area contributed by atoms with Gasteiger partial charge in [-0.05, 0) is 42.4 Å². The SMILES string of the molecule is Cc1ccccc1-n1c(SCC(=O)N[C@@H](C)C(C)C)nnc1-c1ccc(C(C)(C)C)cc1. The van der Waals surface area contributed by atoms with Crippen LogP contribution >= 0.6 is 11.8 Å². The van der Waals surface area contributed by atoms with E-state index in [9.17, 15) is 4.79 Å². The van der Waals surface area contributed by atoms with Crippen LogP contribution in [-0.4, -0.2) is 32.5 Å². The molecule has 3 rings (SSSR count). The molecule has 0 fully saturated rings. The van der Waals surface area contributed by atoms with Crippen molar-refractivity contribution in [3.8, 4) is 17.1 Å². The Morgan fingerprint density at radius 3 is 2.28 bits per heavy atom. The van der Waals surface area contributed by atoms with Gasteiger partial charge in [-0.25, -0.2) is 0 Å². The Morgan fingerprint density at radius 2 is 1.69 bits per heavy atom. The number of thioether (sulfide) groups is 1. The van der Waals surface area contributed by atoms with Crippen LogP contribution in [0.4, 0.5) is 0 Å². The quantitative estimate of drug-likeness (QED) is 0.463. The molecule has 0 aliphatic heterocycles. The zero-order chi connectivity index (χ0) is 23.5. The van der Waals surface area contributed by atoms with Gasteiger partial charge in [0.1, 0.15) is 0 Å². The van der Waals surface area contributed by atoms with Crippen molar-refractivity contribution in [3.63, 3.8) is 0 Å². The van der Waals surface area contributed by atoms with Crippen LogP contribution in [0.2, 0.25) is 0 Å². The normalized spacial score (nSPS) is 12.8. The summed E-state index contributed by atoms with van der Waals surface area (Å²) in [5, 5.41) is 12.8. The number of amides is 1. The Bertz CT molecular complexity index is 1060. The molecule has 0 radical (unpaired) electrons. The molecular weight excluding hydrogens is 416 g/mol. The Balaban J connectivity index is 1.95. The third-order valence-electron chi connectivity index (χ3n) is 5.72. The first-order valence-electron chi connectivity index (χ1n) is 11.1. The lowest BCUT2D eigenvalue weighted by Gasteiger charge is -2.19. The molecule has 0 saturated carbocycles. The summed E-state index contributed by atoms with van der Waals surface area (Å²) in [7, 11) is 0. The zero-order valence-electron chi connectivity index (χ0n) is 20.1. The summed E-state index contributed by atoms with van der Waals surface area (Å²) >= 11 is 1.41. The van der Waals surface area contributed by atoms with Crippen molar-refractivity contribution < 1.29 is 4.79 Å². The van der Waals surface area contributed by atoms with Crippen LogP contribution in [0.1, 0.15) is 52.7 Å². The number of rotatable bonds is 7. The van der Waals surface area contributed by atoms with Crippen LogP contribution in [0.5, 0.6) is 0 Å². The number of nitrogens with zero attached hydrogens (tertiary/aromatic N) is 3. The summed E-state index contributed by atoms with van der Waals surface area (Å²) in [6.07, 6.45) is 0. The number of nitrogens with one attached hydrogen (secondary N) is 1. The van der Waals surface area contributed by atoms with Gasteiger partial charge in [0.25, 0.3) is 0 Å². The van der Waals surface area contributed by atoms with E-state index in [-0.39, 0.29) is 17.4 Å². The molecule has 2 aromatic carbocycles. The predicted octanol–water partition coefficient (Wildman–Crippen LogP) is 5.79. The number of para-hydroxylation sites is 1. The lowest BCUT2D eigenvalue weighted by molar-refractivity contribution is -0.119. The highest BCUT2D eigenvalue weighted by Gasteiger charge is 2.20. The minimum Gasteiger partial charge on any atom is -0.353 e. The maximum absolute atomic E-state index is 12.5. The Kier molecular flexibility index (Phi) is 7.44. The summed E-state index contributed by atoms with van der Waals surface area (Å²) in [6.45, 7) is 14.9. The van der Waals surface area contributed by atoms with E-state index in [4.69, 9.17) is 0 Å². The number of aromatic nitrogens is 3. The molecule has 1 atom stereocenters. The van der Waals surface area contributed by atoms with Crippen LogP contribution in [0.15, 0.2) is 53.7 Å². The Morgan fingerprint density at radius 1 is 1.03 bits per heavy atom. The van der Waals surface area contributed by atoms with E-state index in [0.29, 0.717) is 16.8 Å². The topological polar surface area (TPSA) is 59.8 Å². The largest absolute Gasteiger partial charge is 0.353 e. The molecular formula is C26H34N4OS. The van der Waals surface area contributed by atoms with E-state index in [1.807, 2.05) is 19.1 Å². The first kappa shape index (κ1) is 24.1. The zero-order valence-corrected chi connectivity index (χ0v) is 21.0. The standard InChI is InChI=1S/C26H34N4OS/c1-17(2)19(4)27-23(31)16-32-25-29-28-24(30(25)22-11-9-8-10-18(22)3)20-12-14-21(15-13-20)26(5,6)7/h8-15,17,19H,16H2,1-7H3,(H,27,31)/t19-/m0/s1. The van der Waals surface area contributed by atoms with Crippen molar-refractivity contribution in [2.24, 2.45) is 5.92 Å². The average molecular weight is 451 g/mol. The third kappa shape index (κ3) is 5.60. The number of hydrogen-bond donors (Lipinski definition) is 1. The maximum atomic E-state index is 12.5. The molecule has 1 heterocycles. The van der Waals surface area contributed by atoms with Crippen molar-refractivity contribution in [1.29, 1.82) is 0 Å². The van der Waals surface area contributed by atoms with Gasteiger partial charge in [-0.3, -0.25) is 9.36 Å². The van der Waals surface area contributed by atoms with Crippen LogP contribution in [0, 0.1) is 12.8 Å². The van der Waals surface area contributed by atoms with E-state index in [1.165, 1.54) is 17.3 Å². The molecule has 0 aliphatic rings. The van der Waals surface area contributed by atoms with Crippen LogP contribution in [0.3, 0.4) is 0 Å². The monoisotopic (exact) mass is 450 g/mol. The Hall–Kier alpha value is -2.60. The molecule has 1 N–H and O–H groups in total. The van der Waals surface area contributed by atoms with E-state index >= 15 is 0 Å². The fraction of sp³-hybridized carbons (Fsp3) is 0.423. The van der Waals surface area contributed by atoms with Crippen LogP contribution < -0.4 is 5.32 Å². The van der Waals surface area contributed by atoms with E-state index in [1.54, 1.807) is 0 Å². The lowest BCUT2D eigenvalue weighted by atomic mass is 9.87. The summed E-state index contributed by atoms with van der Waals surface area (Å²) in [6, 6.07) is 16.8. The van der Waals surface area contributed by atoms with Gasteiger partial charge in [0.15, 0.2) is 11.0 Å². The maximum Gasteiger partial charge on any atom is 0.230 e. The molecule has 6 heteroatoms. The van der Waals surface area contributed by atoms with Crippen molar-refractivity contribution in [1.82, 2.24) is 20.1 Å². The molecule has 3 aromatic rings. The number of hydrogen-bond acceptors (Lipinski definition) is 4. The van der Waals surface area contributed by atoms with Crippen LogP contribution in [0.25, 0.3) is 17.1 Å². The van der Waals surface area contributed by atoms with Gasteiger partial charge in [-0.2, -0.15) is 0 Å². The van der Waals surface area contributed by atoms with E-state index in [0.717, 1.165) is 22.6 Å². The molecule has 0 saturated heterocycles. The first-order chi connectivity index (χ1) is 15.1. The summed E-state index contributed by atoms with van der Waals surface area (Å²) < 4.78 is 2.06. The van der Waals surface area contributed by atoms with E-state index in [2.05, 4.69) is 98.0 Å². The first-order valence-corrected chi connectivity index (χ1v) is 12.1. The average Bonchev–Trinajstić information content (AvgIpc) is 3.15. The molecule has 1 aromatic heterocycles. The van der Waals surface area contributed by atoms with E-state index < -0.39 is 0 Å². The molecule has 0 aliphatic carbocycles. The second kappa shape index (κ2) is 9.90. The number of carbonyl (C=O) groups is 1. The Labute approximate surface area is 196 Å². The molecule has 0 spiro atoms. The lowest BCUT2D eigenvalue weighted by Crippen LogP contribution is -2.37. The van der Waals surface area contributed by atoms with Gasteiger partial charge in [0.05, 0.1) is 11.4 Å². The summed E-state index contributed by atoms with van der Waals surface area (Å²) in [5.74, 6) is 1.47. The fourth-order valence-corrected chi connectivity index (χ4v) is 4.05. The van der Waals surface area contributed by atoms with Crippen molar-refractivity contribution in [2.75, 3.05) is 5.75 Å². The molecule has 1 amide bonds. The summed E-state index contributed by atoms with van der Waals surface area (Å²) in [4.78, 5) is 12.5. The van der Waals surface area contributed by atoms with Gasteiger partial charge >= 0.3 is 0 Å². The molecule has 170 valence electrons. The van der Waals surface area contributed by atoms with Gasteiger partial charge in [0, 0.05) is 11.6 Å². The smallest absolute Gasteiger partial charge is 0.230 e. The number of benzene rings is 2. The van der Waals surface area contributed by atoms with Crippen LogP contribution in [-0.2, 0) is 10.2 Å². The molecule has 5 nitrogen and oxygen atoms in total. The third-order valence-corrected chi connectivity index (χ3v) is 6.65. The minimum absolute atomic E-state index is 0.00612. The second-order valence-electron chi connectivity index (χ2n) is 9.64. The highest BCUT2D eigenvalue weighted by atomic mass is 32.2. The molecule has 0 unspecified atom stereocenters. The second-order valence-corrected chi connectivity index (χ2v) is 10.6. The van der Waals surface area contributed by atoms with Crippen molar-refractivity contribution in [3.05, 3.63) is 59.7 Å². The minimum atomic E-state index is 0.00612. The highest BCUT2D eigenvalue weighted by Crippen LogP contribution is 2.31. The predicted molar refractivity (Wildman–Crippen MR) is 133 cm³/mol. The molecule has 32 heavy (non-hydrogen) atoms. The summed E-state index contributed by atoms with van der Waals surface area (Å²) in [5.41, 5.74) is 4.50. The number of aryl methyl sites for hydroxylation is 1.